The molecule has 0 amide bonds. The summed E-state index contributed by atoms with van der Waals surface area (Å²) in [5.41, 5.74) is 7.36. The first kappa shape index (κ1) is 23.5. The van der Waals surface area contributed by atoms with Gasteiger partial charge in [-0.2, -0.15) is 0 Å². The molecule has 7 rings (SSSR count). The van der Waals surface area contributed by atoms with Gasteiger partial charge in [-0.25, -0.2) is 0 Å². The quantitative estimate of drug-likeness (QED) is 0.223. The van der Waals surface area contributed by atoms with Crippen LogP contribution in [0.3, 0.4) is 0 Å². The number of aromatic nitrogens is 1. The molecule has 1 fully saturated rings. The summed E-state index contributed by atoms with van der Waals surface area (Å²) in [6, 6.07) is 33.1. The lowest BCUT2D eigenvalue weighted by Gasteiger charge is -2.36. The molecular weight excluding hydrogens is 490 g/mol. The summed E-state index contributed by atoms with van der Waals surface area (Å²) in [6.07, 6.45) is 5.43. The van der Waals surface area contributed by atoms with Crippen molar-refractivity contribution < 1.29 is 9.53 Å². The lowest BCUT2D eigenvalue weighted by Crippen LogP contribution is -2.33. The molecule has 0 bridgehead atoms. The smallest absolute Gasteiger partial charge is 0.168 e. The molecule has 0 radical (unpaired) electrons. The Morgan fingerprint density at radius 2 is 1.61 bits per heavy atom. The maximum absolute atomic E-state index is 14.1. The van der Waals surface area contributed by atoms with E-state index in [1.165, 1.54) is 11.1 Å². The Kier molecular flexibility index (Phi) is 5.72. The zero-order chi connectivity index (χ0) is 25.7. The van der Waals surface area contributed by atoms with E-state index in [-0.39, 0.29) is 17.3 Å². The van der Waals surface area contributed by atoms with Gasteiger partial charge >= 0.3 is 0 Å². The number of ether oxygens (including phenoxy) is 1. The number of carbonyl (C=O) groups is 1. The highest BCUT2D eigenvalue weighted by Crippen LogP contribution is 2.49. The van der Waals surface area contributed by atoms with Crippen LogP contribution in [0.2, 0.25) is 5.02 Å². The van der Waals surface area contributed by atoms with Gasteiger partial charge in [-0.15, -0.1) is 0 Å². The third-order valence-corrected chi connectivity index (χ3v) is 8.69. The van der Waals surface area contributed by atoms with E-state index in [2.05, 4.69) is 59.2 Å². The van der Waals surface area contributed by atoms with E-state index in [1.54, 1.807) is 0 Å². The first-order chi connectivity index (χ1) is 18.6. The number of benzene rings is 4. The summed E-state index contributed by atoms with van der Waals surface area (Å²) >= 11 is 6.47. The highest BCUT2D eigenvalue weighted by molar-refractivity contribution is 6.31. The van der Waals surface area contributed by atoms with E-state index in [4.69, 9.17) is 16.3 Å². The van der Waals surface area contributed by atoms with Crippen molar-refractivity contribution in [1.29, 1.82) is 0 Å². The molecule has 0 N–H and O–H groups in total. The van der Waals surface area contributed by atoms with Crippen LogP contribution in [0.25, 0.3) is 27.7 Å². The molecule has 1 spiro atoms. The van der Waals surface area contributed by atoms with Gasteiger partial charge < -0.3 is 9.30 Å². The number of ketones is 1. The Bertz CT molecular complexity index is 1660. The van der Waals surface area contributed by atoms with Crippen molar-refractivity contribution >= 4 is 28.3 Å². The number of hydrogen-bond acceptors (Lipinski definition) is 2. The lowest BCUT2D eigenvalue weighted by atomic mass is 9.73. The summed E-state index contributed by atoms with van der Waals surface area (Å²) < 4.78 is 8.49. The van der Waals surface area contributed by atoms with Crippen molar-refractivity contribution in [2.24, 2.45) is 5.92 Å². The van der Waals surface area contributed by atoms with Crippen LogP contribution in [-0.2, 0) is 16.9 Å². The molecule has 1 aliphatic heterocycles. The van der Waals surface area contributed by atoms with Crippen molar-refractivity contribution in [3.63, 3.8) is 0 Å². The highest BCUT2D eigenvalue weighted by Gasteiger charge is 2.44. The maximum Gasteiger partial charge on any atom is 0.168 e. The van der Waals surface area contributed by atoms with Crippen LogP contribution in [0, 0.1) is 5.92 Å². The monoisotopic (exact) mass is 517 g/mol. The Balaban J connectivity index is 1.25. The van der Waals surface area contributed by atoms with Gasteiger partial charge in [0, 0.05) is 33.7 Å². The molecule has 4 aromatic carbocycles. The highest BCUT2D eigenvalue weighted by atomic mass is 35.5. The van der Waals surface area contributed by atoms with E-state index >= 15 is 0 Å². The summed E-state index contributed by atoms with van der Waals surface area (Å²) in [5, 5.41) is 1.61. The second kappa shape index (κ2) is 9.27. The average Bonchev–Trinajstić information content (AvgIpc) is 3.52. The molecule has 38 heavy (non-hydrogen) atoms. The zero-order valence-electron chi connectivity index (χ0n) is 21.1. The lowest BCUT2D eigenvalue weighted by molar-refractivity contribution is -0.0697. The Morgan fingerprint density at radius 1 is 0.868 bits per heavy atom. The van der Waals surface area contributed by atoms with Crippen molar-refractivity contribution in [2.45, 2.75) is 37.9 Å². The molecular formula is C34H28ClNO2. The normalized spacial score (nSPS) is 20.6. The first-order valence-electron chi connectivity index (χ1n) is 13.3. The summed E-state index contributed by atoms with van der Waals surface area (Å²) in [6.45, 7) is 0.670. The third kappa shape index (κ3) is 3.81. The molecule has 3 nitrogen and oxygen atoms in total. The SMILES string of the molecule is O=C(c1cn(-c2ccccc2-c2ccccc2)c2cc(Cl)ccc12)C1CCC2(CC1)OCc1ccccc12. The number of halogens is 1. The van der Waals surface area contributed by atoms with Gasteiger partial charge in [0.25, 0.3) is 0 Å². The van der Waals surface area contributed by atoms with Crippen molar-refractivity contribution in [3.8, 4) is 16.8 Å². The van der Waals surface area contributed by atoms with Gasteiger partial charge in [-0.3, -0.25) is 4.79 Å². The second-order valence-electron chi connectivity index (χ2n) is 10.5. The second-order valence-corrected chi connectivity index (χ2v) is 11.0. The molecule has 0 saturated heterocycles. The zero-order valence-corrected chi connectivity index (χ0v) is 21.8. The van der Waals surface area contributed by atoms with Crippen LogP contribution >= 0.6 is 11.6 Å². The molecule has 188 valence electrons. The Morgan fingerprint density at radius 3 is 2.45 bits per heavy atom. The number of nitrogens with zero attached hydrogens (tertiary/aromatic N) is 1. The first-order valence-corrected chi connectivity index (χ1v) is 13.7. The van der Waals surface area contributed by atoms with Gasteiger partial charge in [-0.1, -0.05) is 90.5 Å². The fourth-order valence-corrected chi connectivity index (χ4v) is 6.67. The topological polar surface area (TPSA) is 31.2 Å². The number of Topliss-reactive ketones (excluding diaryl/α,β-unsaturated/α-hetero) is 1. The van der Waals surface area contributed by atoms with E-state index in [9.17, 15) is 4.79 Å². The number of carbonyl (C=O) groups excluding carboxylic acids is 1. The molecule has 1 aromatic heterocycles. The molecule has 1 aliphatic carbocycles. The number of para-hydroxylation sites is 1. The molecule has 0 atom stereocenters. The van der Waals surface area contributed by atoms with Crippen LogP contribution in [0.1, 0.15) is 47.2 Å². The molecule has 1 saturated carbocycles. The Labute approximate surface area is 227 Å². The van der Waals surface area contributed by atoms with E-state index in [0.717, 1.165) is 59.0 Å². The van der Waals surface area contributed by atoms with E-state index in [0.29, 0.717) is 11.6 Å². The minimum Gasteiger partial charge on any atom is -0.366 e. The fourth-order valence-electron chi connectivity index (χ4n) is 6.51. The predicted molar refractivity (Wildman–Crippen MR) is 153 cm³/mol. The van der Waals surface area contributed by atoms with E-state index in [1.807, 2.05) is 48.7 Å². The summed E-state index contributed by atoms with van der Waals surface area (Å²) in [7, 11) is 0. The molecule has 4 heteroatoms. The van der Waals surface area contributed by atoms with Crippen LogP contribution in [0.15, 0.2) is 103 Å². The van der Waals surface area contributed by atoms with Crippen molar-refractivity contribution in [2.75, 3.05) is 0 Å². The van der Waals surface area contributed by atoms with Gasteiger partial charge in [0.1, 0.15) is 0 Å². The summed E-state index contributed by atoms with van der Waals surface area (Å²) in [4.78, 5) is 14.1. The van der Waals surface area contributed by atoms with E-state index < -0.39 is 0 Å². The molecule has 5 aromatic rings. The van der Waals surface area contributed by atoms with Gasteiger partial charge in [0.15, 0.2) is 5.78 Å². The van der Waals surface area contributed by atoms with Gasteiger partial charge in [0.2, 0.25) is 0 Å². The molecule has 2 aliphatic rings. The van der Waals surface area contributed by atoms with Crippen molar-refractivity contribution in [1.82, 2.24) is 4.57 Å². The average molecular weight is 518 g/mol. The predicted octanol–water partition coefficient (Wildman–Crippen LogP) is 8.75. The fraction of sp³-hybridized carbons (Fsp3) is 0.206. The number of fused-ring (bicyclic) bond motifs is 3. The van der Waals surface area contributed by atoms with Crippen molar-refractivity contribution in [3.05, 3.63) is 125 Å². The maximum atomic E-state index is 14.1. The van der Waals surface area contributed by atoms with Crippen LogP contribution in [-0.4, -0.2) is 10.4 Å². The summed E-state index contributed by atoms with van der Waals surface area (Å²) in [5.74, 6) is 0.200. The largest absolute Gasteiger partial charge is 0.366 e. The number of hydrogen-bond donors (Lipinski definition) is 0. The van der Waals surface area contributed by atoms with Crippen LogP contribution < -0.4 is 0 Å². The minimum atomic E-state index is -0.233. The van der Waals surface area contributed by atoms with Gasteiger partial charge in [0.05, 0.1) is 23.4 Å². The molecule has 2 heterocycles. The van der Waals surface area contributed by atoms with Gasteiger partial charge in [-0.05, 0) is 60.6 Å². The minimum absolute atomic E-state index is 0.0175. The Hall–Kier alpha value is -3.66. The van der Waals surface area contributed by atoms with Crippen LogP contribution in [0.4, 0.5) is 0 Å². The third-order valence-electron chi connectivity index (χ3n) is 8.46. The molecule has 0 unspecified atom stereocenters. The van der Waals surface area contributed by atoms with Crippen LogP contribution in [0.5, 0.6) is 0 Å². The number of rotatable bonds is 4. The standard InChI is InChI=1S/C34H28ClNO2/c35-26-14-15-28-29(33(37)24-16-18-34(19-17-24)30-12-6-4-10-25(30)22-38-34)21-36(32(28)20-26)31-13-7-5-11-27(31)23-8-2-1-3-9-23/h1-15,20-21,24H,16-19,22H2.